The number of carbonyl (C=O) groups excluding carboxylic acids is 1. The number of carbonyl (C=O) groups is 1. The standard InChI is InChI=1S/C22H29N3O4/c1-27-18-6-4-17(5-7-18)10-11-24-12-14-25(15-13-24)22(26)23-20-9-8-19(28-2)16-21(20)29-3/h4-9,16H,10-15H2,1-3H3,(H,23,26). The molecule has 3 rings (SSSR count). The Morgan fingerprint density at radius 2 is 1.55 bits per heavy atom. The fourth-order valence-corrected chi connectivity index (χ4v) is 3.35. The molecule has 0 saturated carbocycles. The molecule has 0 aromatic heterocycles. The van der Waals surface area contributed by atoms with Gasteiger partial charge in [-0.05, 0) is 36.2 Å². The molecule has 7 nitrogen and oxygen atoms in total. The molecule has 1 N–H and O–H groups in total. The Kier molecular flexibility index (Phi) is 7.19. The first-order valence-electron chi connectivity index (χ1n) is 9.76. The van der Waals surface area contributed by atoms with E-state index in [4.69, 9.17) is 14.2 Å². The van der Waals surface area contributed by atoms with E-state index in [9.17, 15) is 4.79 Å². The van der Waals surface area contributed by atoms with Gasteiger partial charge in [0.15, 0.2) is 0 Å². The van der Waals surface area contributed by atoms with Crippen LogP contribution >= 0.6 is 0 Å². The molecule has 1 aliphatic heterocycles. The van der Waals surface area contributed by atoms with Gasteiger partial charge in [-0.25, -0.2) is 4.79 Å². The lowest BCUT2D eigenvalue weighted by Crippen LogP contribution is -2.50. The molecule has 0 unspecified atom stereocenters. The normalized spacial score (nSPS) is 14.4. The first-order valence-corrected chi connectivity index (χ1v) is 9.76. The second kappa shape index (κ2) is 10.0. The van der Waals surface area contributed by atoms with Crippen LogP contribution in [-0.4, -0.2) is 69.9 Å². The second-order valence-electron chi connectivity index (χ2n) is 6.92. The number of hydrogen-bond donors (Lipinski definition) is 1. The number of urea groups is 1. The van der Waals surface area contributed by atoms with Crippen molar-refractivity contribution in [2.45, 2.75) is 6.42 Å². The number of benzene rings is 2. The average Bonchev–Trinajstić information content (AvgIpc) is 2.78. The molecule has 0 radical (unpaired) electrons. The second-order valence-corrected chi connectivity index (χ2v) is 6.92. The highest BCUT2D eigenvalue weighted by Gasteiger charge is 2.21. The van der Waals surface area contributed by atoms with Gasteiger partial charge in [-0.3, -0.25) is 4.90 Å². The molecular weight excluding hydrogens is 370 g/mol. The van der Waals surface area contributed by atoms with Gasteiger partial charge in [-0.2, -0.15) is 0 Å². The van der Waals surface area contributed by atoms with Crippen molar-refractivity contribution in [1.82, 2.24) is 9.80 Å². The van der Waals surface area contributed by atoms with Gasteiger partial charge in [-0.15, -0.1) is 0 Å². The third-order valence-electron chi connectivity index (χ3n) is 5.19. The van der Waals surface area contributed by atoms with Crippen molar-refractivity contribution in [2.24, 2.45) is 0 Å². The summed E-state index contributed by atoms with van der Waals surface area (Å²) in [4.78, 5) is 16.9. The lowest BCUT2D eigenvalue weighted by molar-refractivity contribution is 0.148. The zero-order valence-corrected chi connectivity index (χ0v) is 17.3. The quantitative estimate of drug-likeness (QED) is 0.775. The summed E-state index contributed by atoms with van der Waals surface area (Å²) in [6, 6.07) is 13.4. The van der Waals surface area contributed by atoms with E-state index in [0.717, 1.165) is 31.8 Å². The highest BCUT2D eigenvalue weighted by atomic mass is 16.5. The van der Waals surface area contributed by atoms with E-state index in [1.54, 1.807) is 39.5 Å². The van der Waals surface area contributed by atoms with Crippen LogP contribution < -0.4 is 19.5 Å². The Balaban J connectivity index is 1.46. The van der Waals surface area contributed by atoms with Gasteiger partial charge in [0.05, 0.1) is 27.0 Å². The van der Waals surface area contributed by atoms with E-state index in [-0.39, 0.29) is 6.03 Å². The van der Waals surface area contributed by atoms with Gasteiger partial charge in [0.25, 0.3) is 0 Å². The summed E-state index contributed by atoms with van der Waals surface area (Å²) in [5, 5.41) is 2.94. The van der Waals surface area contributed by atoms with Crippen molar-refractivity contribution < 1.29 is 19.0 Å². The number of nitrogens with one attached hydrogen (secondary N) is 1. The molecule has 0 aliphatic carbocycles. The molecular formula is C22H29N3O4. The van der Waals surface area contributed by atoms with Crippen LogP contribution in [0.15, 0.2) is 42.5 Å². The molecule has 1 aliphatic rings. The minimum atomic E-state index is -0.108. The number of rotatable bonds is 7. The number of hydrogen-bond acceptors (Lipinski definition) is 5. The van der Waals surface area contributed by atoms with Crippen molar-refractivity contribution in [3.05, 3.63) is 48.0 Å². The van der Waals surface area contributed by atoms with Crippen LogP contribution in [0.1, 0.15) is 5.56 Å². The lowest BCUT2D eigenvalue weighted by atomic mass is 10.1. The minimum absolute atomic E-state index is 0.108. The molecule has 29 heavy (non-hydrogen) atoms. The number of nitrogens with zero attached hydrogens (tertiary/aromatic N) is 2. The molecule has 1 saturated heterocycles. The molecule has 156 valence electrons. The molecule has 2 aromatic rings. The highest BCUT2D eigenvalue weighted by Crippen LogP contribution is 2.29. The van der Waals surface area contributed by atoms with E-state index >= 15 is 0 Å². The van der Waals surface area contributed by atoms with Crippen LogP contribution in [0.5, 0.6) is 17.2 Å². The summed E-state index contributed by atoms with van der Waals surface area (Å²) in [5.74, 6) is 2.14. The van der Waals surface area contributed by atoms with Crippen LogP contribution in [0.2, 0.25) is 0 Å². The Morgan fingerprint density at radius 1 is 0.897 bits per heavy atom. The molecule has 0 bridgehead atoms. The number of ether oxygens (including phenoxy) is 3. The van der Waals surface area contributed by atoms with Crippen LogP contribution in [0.4, 0.5) is 10.5 Å². The van der Waals surface area contributed by atoms with Crippen LogP contribution in [0.3, 0.4) is 0 Å². The average molecular weight is 399 g/mol. The summed E-state index contributed by atoms with van der Waals surface area (Å²) >= 11 is 0. The fourth-order valence-electron chi connectivity index (χ4n) is 3.35. The van der Waals surface area contributed by atoms with Gasteiger partial charge >= 0.3 is 6.03 Å². The predicted molar refractivity (Wildman–Crippen MR) is 113 cm³/mol. The van der Waals surface area contributed by atoms with E-state index in [1.165, 1.54) is 5.56 Å². The topological polar surface area (TPSA) is 63.3 Å². The summed E-state index contributed by atoms with van der Waals surface area (Å²) in [6.07, 6.45) is 0.985. The summed E-state index contributed by atoms with van der Waals surface area (Å²) in [7, 11) is 4.85. The summed E-state index contributed by atoms with van der Waals surface area (Å²) in [6.45, 7) is 4.11. The van der Waals surface area contributed by atoms with Crippen LogP contribution in [-0.2, 0) is 6.42 Å². The van der Waals surface area contributed by atoms with E-state index in [2.05, 4.69) is 22.3 Å². The van der Waals surface area contributed by atoms with Gasteiger partial charge in [0, 0.05) is 38.8 Å². The van der Waals surface area contributed by atoms with E-state index in [0.29, 0.717) is 30.3 Å². The molecule has 1 heterocycles. The monoisotopic (exact) mass is 399 g/mol. The smallest absolute Gasteiger partial charge is 0.322 e. The van der Waals surface area contributed by atoms with Gasteiger partial charge in [0.1, 0.15) is 17.2 Å². The van der Waals surface area contributed by atoms with E-state index in [1.807, 2.05) is 17.0 Å². The predicted octanol–water partition coefficient (Wildman–Crippen LogP) is 3.10. The number of anilines is 1. The Hall–Kier alpha value is -2.93. The van der Waals surface area contributed by atoms with Gasteiger partial charge < -0.3 is 24.4 Å². The highest BCUT2D eigenvalue weighted by molar-refractivity contribution is 5.91. The molecule has 0 spiro atoms. The van der Waals surface area contributed by atoms with Crippen LogP contribution in [0.25, 0.3) is 0 Å². The maximum Gasteiger partial charge on any atom is 0.322 e. The van der Waals surface area contributed by atoms with Crippen molar-refractivity contribution in [1.29, 1.82) is 0 Å². The summed E-state index contributed by atoms with van der Waals surface area (Å²) in [5.41, 5.74) is 1.93. The van der Waals surface area contributed by atoms with Gasteiger partial charge in [0.2, 0.25) is 0 Å². The van der Waals surface area contributed by atoms with Crippen molar-refractivity contribution in [3.63, 3.8) is 0 Å². The number of amides is 2. The maximum absolute atomic E-state index is 12.6. The summed E-state index contributed by atoms with van der Waals surface area (Å²) < 4.78 is 15.7. The third kappa shape index (κ3) is 5.54. The fraction of sp³-hybridized carbons (Fsp3) is 0.409. The number of piperazine rings is 1. The first-order chi connectivity index (χ1) is 14.1. The van der Waals surface area contributed by atoms with Crippen LogP contribution in [0, 0.1) is 0 Å². The Bertz CT molecular complexity index is 802. The van der Waals surface area contributed by atoms with Gasteiger partial charge in [-0.1, -0.05) is 12.1 Å². The number of methoxy groups -OCH3 is 3. The van der Waals surface area contributed by atoms with Crippen molar-refractivity contribution in [2.75, 3.05) is 59.4 Å². The minimum Gasteiger partial charge on any atom is -0.497 e. The first kappa shape index (κ1) is 20.8. The Labute approximate surface area is 172 Å². The third-order valence-corrected chi connectivity index (χ3v) is 5.19. The zero-order valence-electron chi connectivity index (χ0n) is 17.3. The van der Waals surface area contributed by atoms with Crippen molar-refractivity contribution in [3.8, 4) is 17.2 Å². The Morgan fingerprint density at radius 3 is 2.17 bits per heavy atom. The van der Waals surface area contributed by atoms with Crippen molar-refractivity contribution >= 4 is 11.7 Å². The molecule has 7 heteroatoms. The van der Waals surface area contributed by atoms with E-state index < -0.39 is 0 Å². The molecule has 1 fully saturated rings. The molecule has 0 atom stereocenters. The molecule has 2 aromatic carbocycles. The zero-order chi connectivity index (χ0) is 20.6. The largest absolute Gasteiger partial charge is 0.497 e. The lowest BCUT2D eigenvalue weighted by Gasteiger charge is -2.34. The molecule has 2 amide bonds. The SMILES string of the molecule is COc1ccc(CCN2CCN(C(=O)Nc3ccc(OC)cc3OC)CC2)cc1. The maximum atomic E-state index is 12.6.